The second-order valence-electron chi connectivity index (χ2n) is 8.17. The van der Waals surface area contributed by atoms with Crippen LogP contribution in [0.1, 0.15) is 17.0 Å². The fraction of sp³-hybridized carbons (Fsp3) is 0.0667. The Labute approximate surface area is 198 Å². The number of aromatic hydroxyl groups is 2. The van der Waals surface area contributed by atoms with Gasteiger partial charge < -0.3 is 19.7 Å². The molecule has 0 radical (unpaired) electrons. The van der Waals surface area contributed by atoms with Gasteiger partial charge in [0.1, 0.15) is 28.7 Å². The molecule has 0 aromatic heterocycles. The summed E-state index contributed by atoms with van der Waals surface area (Å²) in [6.07, 6.45) is 8.38. The van der Waals surface area contributed by atoms with E-state index in [1.807, 2.05) is 60.7 Å². The second-order valence-corrected chi connectivity index (χ2v) is 8.17. The van der Waals surface area contributed by atoms with Crippen LogP contribution in [0.4, 0.5) is 0 Å². The molecule has 0 heterocycles. The summed E-state index contributed by atoms with van der Waals surface area (Å²) < 4.78 is 12.2. The molecule has 1 aliphatic rings. The Bertz CT molecular complexity index is 1310. The maximum atomic E-state index is 9.88. The molecular weight excluding hydrogens is 424 g/mol. The summed E-state index contributed by atoms with van der Waals surface area (Å²) in [5.41, 5.74) is 1.35. The molecule has 4 aromatic carbocycles. The highest BCUT2D eigenvalue weighted by molar-refractivity contribution is 5.45. The second kappa shape index (κ2) is 9.20. The molecule has 4 aromatic rings. The van der Waals surface area contributed by atoms with E-state index >= 15 is 0 Å². The van der Waals surface area contributed by atoms with Crippen LogP contribution >= 0.6 is 0 Å². The Morgan fingerprint density at radius 1 is 0.588 bits per heavy atom. The molecule has 0 amide bonds. The van der Waals surface area contributed by atoms with E-state index < -0.39 is 5.60 Å². The SMILES string of the molecule is Oc1cccc(Oc2ccc(C3C=CC(Oc4cccc(O)c4)(c4ccccc4)C=C3)cc2)c1. The molecule has 0 aliphatic heterocycles. The average Bonchev–Trinajstić information content (AvgIpc) is 2.86. The summed E-state index contributed by atoms with van der Waals surface area (Å²) in [6, 6.07) is 31.5. The molecule has 0 saturated carbocycles. The van der Waals surface area contributed by atoms with Crippen LogP contribution in [0.25, 0.3) is 0 Å². The van der Waals surface area contributed by atoms with Crippen LogP contribution in [0, 0.1) is 0 Å². The van der Waals surface area contributed by atoms with Crippen molar-refractivity contribution in [3.8, 4) is 28.7 Å². The summed E-state index contributed by atoms with van der Waals surface area (Å²) in [5.74, 6) is 2.28. The Hall–Kier alpha value is -4.44. The maximum absolute atomic E-state index is 9.88. The number of allylic oxidation sites excluding steroid dienone is 2. The van der Waals surface area contributed by atoms with Crippen molar-refractivity contribution in [3.63, 3.8) is 0 Å². The largest absolute Gasteiger partial charge is 0.508 e. The number of benzene rings is 4. The van der Waals surface area contributed by atoms with Crippen molar-refractivity contribution in [1.29, 1.82) is 0 Å². The smallest absolute Gasteiger partial charge is 0.170 e. The quantitative estimate of drug-likeness (QED) is 0.310. The third-order valence-corrected chi connectivity index (χ3v) is 5.75. The zero-order valence-corrected chi connectivity index (χ0v) is 18.4. The van der Waals surface area contributed by atoms with E-state index in [4.69, 9.17) is 9.47 Å². The number of ether oxygens (including phenoxy) is 2. The van der Waals surface area contributed by atoms with Crippen molar-refractivity contribution < 1.29 is 19.7 Å². The predicted molar refractivity (Wildman–Crippen MR) is 132 cm³/mol. The van der Waals surface area contributed by atoms with Crippen molar-refractivity contribution in [2.24, 2.45) is 0 Å². The Balaban J connectivity index is 1.37. The van der Waals surface area contributed by atoms with Gasteiger partial charge in [-0.15, -0.1) is 0 Å². The van der Waals surface area contributed by atoms with E-state index in [1.165, 1.54) is 0 Å². The lowest BCUT2D eigenvalue weighted by molar-refractivity contribution is 0.170. The van der Waals surface area contributed by atoms with Gasteiger partial charge in [0.15, 0.2) is 5.60 Å². The zero-order valence-electron chi connectivity index (χ0n) is 18.4. The van der Waals surface area contributed by atoms with E-state index in [2.05, 4.69) is 24.3 Å². The van der Waals surface area contributed by atoms with E-state index in [0.29, 0.717) is 17.2 Å². The number of phenolic OH excluding ortho intramolecular Hbond substituents is 2. The minimum absolute atomic E-state index is 0.0828. The molecule has 0 spiro atoms. The summed E-state index contributed by atoms with van der Waals surface area (Å²) in [7, 11) is 0. The minimum atomic E-state index is -0.774. The van der Waals surface area contributed by atoms with E-state index in [9.17, 15) is 10.2 Å². The van der Waals surface area contributed by atoms with Gasteiger partial charge in [0.2, 0.25) is 0 Å². The highest BCUT2D eigenvalue weighted by Crippen LogP contribution is 2.38. The fourth-order valence-corrected chi connectivity index (χ4v) is 4.04. The number of hydrogen-bond donors (Lipinski definition) is 2. The number of rotatable bonds is 6. The van der Waals surface area contributed by atoms with Crippen molar-refractivity contribution in [2.45, 2.75) is 11.5 Å². The Morgan fingerprint density at radius 2 is 1.21 bits per heavy atom. The van der Waals surface area contributed by atoms with Crippen LogP contribution in [-0.4, -0.2) is 10.2 Å². The molecule has 4 nitrogen and oxygen atoms in total. The molecule has 5 rings (SSSR count). The summed E-state index contributed by atoms with van der Waals surface area (Å²) in [6.45, 7) is 0. The normalized spacial score (nSPS) is 19.0. The zero-order chi connectivity index (χ0) is 23.4. The number of phenols is 2. The summed E-state index contributed by atoms with van der Waals surface area (Å²) in [5, 5.41) is 19.5. The van der Waals surface area contributed by atoms with Crippen LogP contribution < -0.4 is 9.47 Å². The molecule has 0 fully saturated rings. The molecule has 34 heavy (non-hydrogen) atoms. The standard InChI is InChI=1S/C30H24O4/c31-25-8-4-10-28(20-25)33-27-14-12-22(13-15-27)23-16-18-30(19-17-23,24-6-2-1-3-7-24)34-29-11-5-9-26(32)21-29/h1-21,23,31-32H. The Morgan fingerprint density at radius 3 is 1.85 bits per heavy atom. The van der Waals surface area contributed by atoms with Gasteiger partial charge >= 0.3 is 0 Å². The molecule has 0 bridgehead atoms. The third kappa shape index (κ3) is 4.66. The van der Waals surface area contributed by atoms with Gasteiger partial charge in [0.05, 0.1) is 0 Å². The molecule has 1 aliphatic carbocycles. The molecule has 0 unspecified atom stereocenters. The van der Waals surface area contributed by atoms with Crippen molar-refractivity contribution in [1.82, 2.24) is 0 Å². The fourth-order valence-electron chi connectivity index (χ4n) is 4.04. The lowest BCUT2D eigenvalue weighted by Gasteiger charge is -2.32. The van der Waals surface area contributed by atoms with Crippen LogP contribution in [0.3, 0.4) is 0 Å². The molecular formula is C30H24O4. The van der Waals surface area contributed by atoms with Crippen molar-refractivity contribution >= 4 is 0 Å². The lowest BCUT2D eigenvalue weighted by atomic mass is 9.84. The minimum Gasteiger partial charge on any atom is -0.508 e. The van der Waals surface area contributed by atoms with Gasteiger partial charge in [0.25, 0.3) is 0 Å². The molecule has 4 heteroatoms. The summed E-state index contributed by atoms with van der Waals surface area (Å²) in [4.78, 5) is 0. The third-order valence-electron chi connectivity index (χ3n) is 5.75. The monoisotopic (exact) mass is 448 g/mol. The first kappa shape index (κ1) is 21.4. The van der Waals surface area contributed by atoms with Gasteiger partial charge in [-0.1, -0.05) is 66.7 Å². The van der Waals surface area contributed by atoms with Gasteiger partial charge in [-0.25, -0.2) is 0 Å². The first-order valence-corrected chi connectivity index (χ1v) is 11.1. The van der Waals surface area contributed by atoms with Crippen molar-refractivity contribution in [2.75, 3.05) is 0 Å². The van der Waals surface area contributed by atoms with Crippen molar-refractivity contribution in [3.05, 3.63) is 139 Å². The topological polar surface area (TPSA) is 58.9 Å². The average molecular weight is 449 g/mol. The number of hydrogen-bond acceptors (Lipinski definition) is 4. The van der Waals surface area contributed by atoms with Crippen LogP contribution in [-0.2, 0) is 5.60 Å². The molecule has 0 atom stereocenters. The van der Waals surface area contributed by atoms with Gasteiger partial charge in [0, 0.05) is 23.6 Å². The van der Waals surface area contributed by atoms with Gasteiger partial charge in [-0.3, -0.25) is 0 Å². The van der Waals surface area contributed by atoms with E-state index in [1.54, 1.807) is 42.5 Å². The lowest BCUT2D eigenvalue weighted by Crippen LogP contribution is -2.30. The molecule has 2 N–H and O–H groups in total. The first-order chi connectivity index (χ1) is 16.6. The molecule has 0 saturated heterocycles. The van der Waals surface area contributed by atoms with Gasteiger partial charge in [-0.2, -0.15) is 0 Å². The van der Waals surface area contributed by atoms with Gasteiger partial charge in [-0.05, 0) is 54.1 Å². The Kier molecular flexibility index (Phi) is 5.79. The van der Waals surface area contributed by atoms with Crippen LogP contribution in [0.2, 0.25) is 0 Å². The van der Waals surface area contributed by atoms with Crippen LogP contribution in [0.15, 0.2) is 127 Å². The highest BCUT2D eigenvalue weighted by atomic mass is 16.5. The van der Waals surface area contributed by atoms with E-state index in [0.717, 1.165) is 11.1 Å². The highest BCUT2D eigenvalue weighted by Gasteiger charge is 2.32. The summed E-state index contributed by atoms with van der Waals surface area (Å²) >= 11 is 0. The maximum Gasteiger partial charge on any atom is 0.170 e. The first-order valence-electron chi connectivity index (χ1n) is 11.1. The molecule has 168 valence electrons. The predicted octanol–water partition coefficient (Wildman–Crippen LogP) is 7.07. The van der Waals surface area contributed by atoms with E-state index in [-0.39, 0.29) is 17.4 Å². The van der Waals surface area contributed by atoms with Crippen LogP contribution in [0.5, 0.6) is 28.7 Å².